The highest BCUT2D eigenvalue weighted by molar-refractivity contribution is 5.43. The number of aliphatic hydroxyl groups is 1. The van der Waals surface area contributed by atoms with Crippen LogP contribution in [0.15, 0.2) is 18.5 Å². The van der Waals surface area contributed by atoms with Crippen LogP contribution in [-0.2, 0) is 0 Å². The highest BCUT2D eigenvalue weighted by Crippen LogP contribution is 2.25. The van der Waals surface area contributed by atoms with E-state index in [0.717, 1.165) is 36.6 Å². The van der Waals surface area contributed by atoms with Crippen LogP contribution in [0.25, 0.3) is 0 Å². The lowest BCUT2D eigenvalue weighted by molar-refractivity contribution is 0.166. The Morgan fingerprint density at radius 3 is 2.84 bits per heavy atom. The molecular formula is C16H26N2O. The Morgan fingerprint density at radius 1 is 1.32 bits per heavy atom. The van der Waals surface area contributed by atoms with Gasteiger partial charge in [0.2, 0.25) is 0 Å². The molecule has 0 radical (unpaired) electrons. The Balaban J connectivity index is 1.87. The highest BCUT2D eigenvalue weighted by Gasteiger charge is 2.13. The molecule has 1 saturated carbocycles. The van der Waals surface area contributed by atoms with E-state index >= 15 is 0 Å². The van der Waals surface area contributed by atoms with E-state index in [4.69, 9.17) is 0 Å². The largest absolute Gasteiger partial charge is 0.388 e. The molecule has 2 rings (SSSR count). The van der Waals surface area contributed by atoms with E-state index in [1.807, 2.05) is 12.3 Å². The minimum Gasteiger partial charge on any atom is -0.388 e. The first-order valence-electron chi connectivity index (χ1n) is 7.66. The molecule has 106 valence electrons. The fourth-order valence-electron chi connectivity index (χ4n) is 2.83. The molecule has 3 heteroatoms. The van der Waals surface area contributed by atoms with Crippen molar-refractivity contribution in [2.75, 3.05) is 11.9 Å². The van der Waals surface area contributed by atoms with Gasteiger partial charge in [0.15, 0.2) is 0 Å². The maximum Gasteiger partial charge on any atom is 0.0805 e. The molecule has 0 aliphatic heterocycles. The third kappa shape index (κ3) is 4.50. The molecule has 1 unspecified atom stereocenters. The van der Waals surface area contributed by atoms with Gasteiger partial charge in [-0.3, -0.25) is 4.98 Å². The van der Waals surface area contributed by atoms with Crippen molar-refractivity contribution in [1.29, 1.82) is 0 Å². The van der Waals surface area contributed by atoms with Gasteiger partial charge in [0, 0.05) is 24.5 Å². The molecule has 1 aliphatic rings. The lowest BCUT2D eigenvalue weighted by Gasteiger charge is -2.22. The molecule has 3 nitrogen and oxygen atoms in total. The quantitative estimate of drug-likeness (QED) is 0.817. The Kier molecular flexibility index (Phi) is 5.64. The van der Waals surface area contributed by atoms with E-state index in [1.165, 1.54) is 32.1 Å². The summed E-state index contributed by atoms with van der Waals surface area (Å²) in [4.78, 5) is 4.23. The van der Waals surface area contributed by atoms with Crippen molar-refractivity contribution in [3.63, 3.8) is 0 Å². The second-order valence-electron chi connectivity index (χ2n) is 5.70. The van der Waals surface area contributed by atoms with E-state index in [1.54, 1.807) is 6.20 Å². The first kappa shape index (κ1) is 14.3. The third-order valence-electron chi connectivity index (χ3n) is 4.03. The smallest absolute Gasteiger partial charge is 0.0805 e. The van der Waals surface area contributed by atoms with Gasteiger partial charge in [0.1, 0.15) is 0 Å². The predicted octanol–water partition coefficient (Wildman–Crippen LogP) is 3.91. The van der Waals surface area contributed by atoms with Crippen LogP contribution in [-0.4, -0.2) is 16.6 Å². The third-order valence-corrected chi connectivity index (χ3v) is 4.03. The van der Waals surface area contributed by atoms with Crippen LogP contribution in [0.3, 0.4) is 0 Å². The number of pyridine rings is 1. The van der Waals surface area contributed by atoms with Crippen LogP contribution in [0.2, 0.25) is 0 Å². The first-order chi connectivity index (χ1) is 9.29. The molecule has 1 aliphatic carbocycles. The molecule has 1 atom stereocenters. The average Bonchev–Trinajstić information content (AvgIpc) is 2.47. The van der Waals surface area contributed by atoms with Gasteiger partial charge in [0.25, 0.3) is 0 Å². The van der Waals surface area contributed by atoms with Gasteiger partial charge in [-0.2, -0.15) is 0 Å². The molecule has 2 N–H and O–H groups in total. The zero-order chi connectivity index (χ0) is 13.5. The summed E-state index contributed by atoms with van der Waals surface area (Å²) in [5.74, 6) is 0.804. The summed E-state index contributed by atoms with van der Waals surface area (Å²) in [6.07, 6.45) is 11.9. The maximum absolute atomic E-state index is 9.99. The molecule has 0 amide bonds. The molecule has 0 saturated heterocycles. The lowest BCUT2D eigenvalue weighted by Crippen LogP contribution is -2.17. The second kappa shape index (κ2) is 7.49. The van der Waals surface area contributed by atoms with Crippen LogP contribution in [0, 0.1) is 5.92 Å². The molecule has 1 aromatic heterocycles. The number of aromatic nitrogens is 1. The Hall–Kier alpha value is -1.09. The van der Waals surface area contributed by atoms with Crippen LogP contribution < -0.4 is 5.32 Å². The molecule has 1 aromatic rings. The SMILES string of the molecule is CCCC(O)c1cncc(NCC2CCCCC2)c1. The van der Waals surface area contributed by atoms with E-state index in [9.17, 15) is 5.11 Å². The minimum absolute atomic E-state index is 0.381. The number of hydrogen-bond acceptors (Lipinski definition) is 3. The van der Waals surface area contributed by atoms with Gasteiger partial charge >= 0.3 is 0 Å². The lowest BCUT2D eigenvalue weighted by atomic mass is 9.89. The maximum atomic E-state index is 9.99. The van der Waals surface area contributed by atoms with Crippen molar-refractivity contribution in [1.82, 2.24) is 4.98 Å². The summed E-state index contributed by atoms with van der Waals surface area (Å²) >= 11 is 0. The van der Waals surface area contributed by atoms with Gasteiger partial charge in [0.05, 0.1) is 11.8 Å². The van der Waals surface area contributed by atoms with Crippen LogP contribution in [0.4, 0.5) is 5.69 Å². The van der Waals surface area contributed by atoms with Gasteiger partial charge in [-0.25, -0.2) is 0 Å². The fraction of sp³-hybridized carbons (Fsp3) is 0.688. The van der Waals surface area contributed by atoms with Gasteiger partial charge < -0.3 is 10.4 Å². The summed E-state index contributed by atoms with van der Waals surface area (Å²) < 4.78 is 0. The molecular weight excluding hydrogens is 236 g/mol. The van der Waals surface area contributed by atoms with E-state index in [2.05, 4.69) is 17.2 Å². The fourth-order valence-corrected chi connectivity index (χ4v) is 2.83. The second-order valence-corrected chi connectivity index (χ2v) is 5.70. The Bertz CT molecular complexity index is 375. The van der Waals surface area contributed by atoms with Crippen molar-refractivity contribution < 1.29 is 5.11 Å². The van der Waals surface area contributed by atoms with Crippen molar-refractivity contribution in [2.24, 2.45) is 5.92 Å². The minimum atomic E-state index is -0.381. The van der Waals surface area contributed by atoms with E-state index < -0.39 is 0 Å². The molecule has 1 heterocycles. The number of nitrogens with zero attached hydrogens (tertiary/aromatic N) is 1. The monoisotopic (exact) mass is 262 g/mol. The molecule has 1 fully saturated rings. The summed E-state index contributed by atoms with van der Waals surface area (Å²) in [6.45, 7) is 3.12. The van der Waals surface area contributed by atoms with E-state index in [-0.39, 0.29) is 6.10 Å². The van der Waals surface area contributed by atoms with Gasteiger partial charge in [-0.15, -0.1) is 0 Å². The van der Waals surface area contributed by atoms with Crippen LogP contribution >= 0.6 is 0 Å². The Morgan fingerprint density at radius 2 is 2.11 bits per heavy atom. The summed E-state index contributed by atoms with van der Waals surface area (Å²) in [6, 6.07) is 2.04. The average molecular weight is 262 g/mol. The number of rotatable bonds is 6. The molecule has 0 bridgehead atoms. The number of anilines is 1. The first-order valence-corrected chi connectivity index (χ1v) is 7.66. The molecule has 0 spiro atoms. The summed E-state index contributed by atoms with van der Waals surface area (Å²) in [5, 5.41) is 13.5. The van der Waals surface area contributed by atoms with Crippen LogP contribution in [0.5, 0.6) is 0 Å². The van der Waals surface area contributed by atoms with Crippen LogP contribution in [0.1, 0.15) is 63.5 Å². The zero-order valence-electron chi connectivity index (χ0n) is 11.9. The van der Waals surface area contributed by atoms with Gasteiger partial charge in [-0.05, 0) is 31.2 Å². The predicted molar refractivity (Wildman–Crippen MR) is 79.2 cm³/mol. The molecule has 19 heavy (non-hydrogen) atoms. The van der Waals surface area contributed by atoms with Crippen molar-refractivity contribution in [3.8, 4) is 0 Å². The van der Waals surface area contributed by atoms with Crippen molar-refractivity contribution in [3.05, 3.63) is 24.0 Å². The van der Waals surface area contributed by atoms with Crippen molar-refractivity contribution >= 4 is 5.69 Å². The zero-order valence-corrected chi connectivity index (χ0v) is 11.9. The van der Waals surface area contributed by atoms with E-state index in [0.29, 0.717) is 0 Å². The Labute approximate surface area is 116 Å². The molecule has 0 aromatic carbocycles. The topological polar surface area (TPSA) is 45.2 Å². The number of nitrogens with one attached hydrogen (secondary N) is 1. The van der Waals surface area contributed by atoms with Gasteiger partial charge in [-0.1, -0.05) is 32.6 Å². The van der Waals surface area contributed by atoms with Crippen molar-refractivity contribution in [2.45, 2.75) is 58.0 Å². The highest BCUT2D eigenvalue weighted by atomic mass is 16.3. The number of hydrogen-bond donors (Lipinski definition) is 2. The summed E-state index contributed by atoms with van der Waals surface area (Å²) in [7, 11) is 0. The standard InChI is InChI=1S/C16H26N2O/c1-2-6-16(19)14-9-15(12-17-11-14)18-10-13-7-4-3-5-8-13/h9,11-13,16,18-19H,2-8,10H2,1H3. The summed E-state index contributed by atoms with van der Waals surface area (Å²) in [5.41, 5.74) is 1.97. The normalized spacial score (nSPS) is 18.2. The number of aliphatic hydroxyl groups excluding tert-OH is 1.